The lowest BCUT2D eigenvalue weighted by Gasteiger charge is -2.14. The van der Waals surface area contributed by atoms with Gasteiger partial charge in [0.05, 0.1) is 75.1 Å². The first-order valence-corrected chi connectivity index (χ1v) is 44.0. The van der Waals surface area contributed by atoms with Crippen molar-refractivity contribution in [1.82, 2.24) is 0 Å². The standard InChI is InChI=1S/C100H130O20/c1-5-93(101)113-73-43-33-23-13-9-19-29-39-69-109-85-57-49-79(50-58-85)97(105)117-89-65-67-91(119-99(107)81-53-61-87(62-54-81)111-71-41-31-21-11-15-25-35-45-75-115-95(103)7-3)83(77-89)47-37-27-17-18-28-38-48-84-78-90(118-98(106)80-51-59-86(60-52-80)110-70-40-30-20-10-14-24-34-44-74-114-94(102)6-2)66-68-92(84)120-100(108)82-55-63-88(64-56-82)112-72-42-32-22-12-16-26-36-46-76-116-96(104)8-4/h5-8,49-68,77-78H,1-4,9-48,69-76H2. The SMILES string of the molecule is C=CC(=O)OCCCCCCCCCCOc1ccc(C(=O)Oc2ccc(OC(=O)c3ccc(OCCCCCCCCCCOC(=O)C=C)cc3)c(CCCCCCCCc3cc(OC(=O)c4ccc(OCCCCCCCCCCOC(=O)C=C)cc4)ccc3OC(=O)c3ccc(OCCCCCCCCCCOC(=O)C=C)cc3)c2)cc1. The smallest absolute Gasteiger partial charge is 0.343 e. The van der Waals surface area contributed by atoms with Crippen LogP contribution in [-0.4, -0.2) is 101 Å². The van der Waals surface area contributed by atoms with Gasteiger partial charge in [-0.15, -0.1) is 0 Å². The maximum Gasteiger partial charge on any atom is 0.343 e. The Morgan fingerprint density at radius 2 is 0.392 bits per heavy atom. The van der Waals surface area contributed by atoms with Gasteiger partial charge >= 0.3 is 47.8 Å². The van der Waals surface area contributed by atoms with E-state index in [0.29, 0.717) is 145 Å². The van der Waals surface area contributed by atoms with Gasteiger partial charge in [-0.2, -0.15) is 0 Å². The maximum atomic E-state index is 13.8. The van der Waals surface area contributed by atoms with Gasteiger partial charge in [-0.05, 0) is 222 Å². The molecule has 0 heterocycles. The zero-order chi connectivity index (χ0) is 85.5. The first-order valence-electron chi connectivity index (χ1n) is 44.0. The Bertz CT molecular complexity index is 3720. The number of hydrogen-bond donors (Lipinski definition) is 0. The molecule has 0 spiro atoms. The van der Waals surface area contributed by atoms with Crippen LogP contribution in [0.5, 0.6) is 46.0 Å². The Morgan fingerprint density at radius 1 is 0.208 bits per heavy atom. The molecule has 120 heavy (non-hydrogen) atoms. The van der Waals surface area contributed by atoms with Gasteiger partial charge in [-0.3, -0.25) is 0 Å². The summed E-state index contributed by atoms with van der Waals surface area (Å²) in [5.41, 5.74) is 2.81. The summed E-state index contributed by atoms with van der Waals surface area (Å²) in [4.78, 5) is 99.9. The third-order valence-corrected chi connectivity index (χ3v) is 20.3. The molecule has 0 saturated carbocycles. The molecule has 20 nitrogen and oxygen atoms in total. The lowest BCUT2D eigenvalue weighted by atomic mass is 10.0. The fourth-order valence-electron chi connectivity index (χ4n) is 13.3. The van der Waals surface area contributed by atoms with Crippen molar-refractivity contribution in [2.75, 3.05) is 52.9 Å². The van der Waals surface area contributed by atoms with Crippen LogP contribution < -0.4 is 37.9 Å². The van der Waals surface area contributed by atoms with Gasteiger partial charge in [0.25, 0.3) is 0 Å². The molecule has 0 radical (unpaired) electrons. The highest BCUT2D eigenvalue weighted by Gasteiger charge is 2.20. The average molecular weight is 1650 g/mol. The minimum absolute atomic E-state index is 0.305. The van der Waals surface area contributed by atoms with Crippen molar-refractivity contribution >= 4 is 47.8 Å². The molecule has 0 aromatic heterocycles. The number of aryl methyl sites for hydroxylation is 2. The Morgan fingerprint density at radius 3 is 0.608 bits per heavy atom. The second-order valence-corrected chi connectivity index (χ2v) is 30.0. The summed E-state index contributed by atoms with van der Waals surface area (Å²) in [5, 5.41) is 0. The van der Waals surface area contributed by atoms with E-state index in [1.807, 2.05) is 0 Å². The summed E-state index contributed by atoms with van der Waals surface area (Å²) in [7, 11) is 0. The van der Waals surface area contributed by atoms with Gasteiger partial charge in [0, 0.05) is 24.3 Å². The minimum atomic E-state index is -0.546. The lowest BCUT2D eigenvalue weighted by molar-refractivity contribution is -0.138. The number of carbonyl (C=O) groups is 8. The topological polar surface area (TPSA) is 247 Å². The number of ether oxygens (including phenoxy) is 12. The van der Waals surface area contributed by atoms with Gasteiger partial charge in [-0.25, -0.2) is 38.4 Å². The van der Waals surface area contributed by atoms with Crippen molar-refractivity contribution in [3.8, 4) is 46.0 Å². The zero-order valence-corrected chi connectivity index (χ0v) is 70.9. The molecule has 0 aliphatic heterocycles. The fraction of sp³-hybridized carbons (Fsp3) is 0.480. The first-order chi connectivity index (χ1) is 58.7. The number of unbranched alkanes of at least 4 members (excludes halogenated alkanes) is 33. The highest BCUT2D eigenvalue weighted by molar-refractivity contribution is 5.94. The molecule has 0 saturated heterocycles. The van der Waals surface area contributed by atoms with E-state index in [2.05, 4.69) is 26.3 Å². The van der Waals surface area contributed by atoms with E-state index in [1.54, 1.807) is 133 Å². The third-order valence-electron chi connectivity index (χ3n) is 20.3. The lowest BCUT2D eigenvalue weighted by Crippen LogP contribution is -2.11. The van der Waals surface area contributed by atoms with E-state index in [-0.39, 0.29) is 23.9 Å². The molecular weight excluding hydrogens is 1520 g/mol. The molecule has 0 amide bonds. The van der Waals surface area contributed by atoms with Crippen LogP contribution in [0, 0.1) is 0 Å². The number of hydrogen-bond acceptors (Lipinski definition) is 20. The molecule has 6 aromatic carbocycles. The van der Waals surface area contributed by atoms with Crippen LogP contribution in [0.4, 0.5) is 0 Å². The Balaban J connectivity index is 1.02. The summed E-state index contributed by atoms with van der Waals surface area (Å²) >= 11 is 0. The average Bonchev–Trinajstić information content (AvgIpc) is 0.832. The van der Waals surface area contributed by atoms with E-state index in [0.717, 1.165) is 244 Å². The van der Waals surface area contributed by atoms with E-state index < -0.39 is 23.9 Å². The van der Waals surface area contributed by atoms with Crippen LogP contribution in [0.15, 0.2) is 184 Å². The second-order valence-electron chi connectivity index (χ2n) is 30.0. The molecule has 0 aliphatic rings. The normalized spacial score (nSPS) is 10.8. The quantitative estimate of drug-likeness (QED) is 0.0113. The molecule has 6 aromatic rings. The molecule has 0 atom stereocenters. The van der Waals surface area contributed by atoms with Crippen LogP contribution in [-0.2, 0) is 51.0 Å². The molecule has 20 heteroatoms. The summed E-state index contributed by atoms with van der Waals surface area (Å²) < 4.78 is 68.4. The van der Waals surface area contributed by atoms with E-state index in [9.17, 15) is 38.4 Å². The molecule has 0 aliphatic carbocycles. The summed E-state index contributed by atoms with van der Waals surface area (Å²) in [6.45, 7) is 17.6. The largest absolute Gasteiger partial charge is 0.494 e. The summed E-state index contributed by atoms with van der Waals surface area (Å²) in [6.07, 6.45) is 43.9. The highest BCUT2D eigenvalue weighted by atomic mass is 16.6. The molecule has 650 valence electrons. The predicted octanol–water partition coefficient (Wildman–Crippen LogP) is 23.6. The molecule has 0 unspecified atom stereocenters. The van der Waals surface area contributed by atoms with Crippen LogP contribution in [0.2, 0.25) is 0 Å². The molecular formula is C100H130O20. The van der Waals surface area contributed by atoms with Gasteiger partial charge in [0.15, 0.2) is 0 Å². The summed E-state index contributed by atoms with van der Waals surface area (Å²) in [6, 6.07) is 37.7. The number of carbonyl (C=O) groups excluding carboxylic acids is 8. The van der Waals surface area contributed by atoms with Gasteiger partial charge in [0.2, 0.25) is 0 Å². The first kappa shape index (κ1) is 98.1. The Labute approximate surface area is 712 Å². The van der Waals surface area contributed by atoms with Crippen LogP contribution in [0.3, 0.4) is 0 Å². The van der Waals surface area contributed by atoms with Crippen molar-refractivity contribution in [2.45, 2.75) is 257 Å². The predicted molar refractivity (Wildman–Crippen MR) is 468 cm³/mol. The van der Waals surface area contributed by atoms with E-state index >= 15 is 0 Å². The molecule has 0 fully saturated rings. The number of rotatable bonds is 69. The van der Waals surface area contributed by atoms with Gasteiger partial charge in [0.1, 0.15) is 46.0 Å². The maximum absolute atomic E-state index is 13.8. The van der Waals surface area contributed by atoms with Crippen LogP contribution in [0.25, 0.3) is 0 Å². The minimum Gasteiger partial charge on any atom is -0.494 e. The second kappa shape index (κ2) is 62.4. The monoisotopic (exact) mass is 1650 g/mol. The van der Waals surface area contributed by atoms with Crippen LogP contribution >= 0.6 is 0 Å². The fourth-order valence-corrected chi connectivity index (χ4v) is 13.3. The number of benzene rings is 6. The van der Waals surface area contributed by atoms with Crippen molar-refractivity contribution in [1.29, 1.82) is 0 Å². The zero-order valence-electron chi connectivity index (χ0n) is 70.9. The summed E-state index contributed by atoms with van der Waals surface area (Å²) in [5.74, 6) is 0.253. The van der Waals surface area contributed by atoms with E-state index in [4.69, 9.17) is 56.8 Å². The Hall–Kier alpha value is -10.8. The molecule has 0 bridgehead atoms. The number of esters is 8. The van der Waals surface area contributed by atoms with Gasteiger partial charge in [-0.1, -0.05) is 206 Å². The van der Waals surface area contributed by atoms with Crippen molar-refractivity contribution in [2.24, 2.45) is 0 Å². The van der Waals surface area contributed by atoms with Crippen LogP contribution in [0.1, 0.15) is 297 Å². The van der Waals surface area contributed by atoms with Crippen molar-refractivity contribution in [3.63, 3.8) is 0 Å². The highest BCUT2D eigenvalue weighted by Crippen LogP contribution is 2.32. The van der Waals surface area contributed by atoms with Crippen molar-refractivity contribution in [3.05, 3.63) is 217 Å². The third kappa shape index (κ3) is 43.8. The molecule has 6 rings (SSSR count). The van der Waals surface area contributed by atoms with Crippen molar-refractivity contribution < 1.29 is 95.2 Å². The van der Waals surface area contributed by atoms with Gasteiger partial charge < -0.3 is 56.8 Å². The van der Waals surface area contributed by atoms with E-state index in [1.165, 1.54) is 24.3 Å². The molecule has 0 N–H and O–H groups in total. The Kier molecular flexibility index (Phi) is 51.0.